The Balaban J connectivity index is 1.90. The van der Waals surface area contributed by atoms with E-state index in [0.29, 0.717) is 6.04 Å². The van der Waals surface area contributed by atoms with Crippen molar-refractivity contribution in [3.05, 3.63) is 22.4 Å². The molecule has 1 saturated carbocycles. The average Bonchev–Trinajstić information content (AvgIpc) is 2.56. The van der Waals surface area contributed by atoms with Crippen molar-refractivity contribution < 1.29 is 0 Å². The standard InChI is InChI=1S/C12H19NS/c13-11-5-2-1-4-10(8-11)9-12-6-3-7-14-12/h3,6-7,10-11H,1-2,4-5,8-9,13H2. The Kier molecular flexibility index (Phi) is 3.60. The number of hydrogen-bond acceptors (Lipinski definition) is 2. The molecule has 1 fully saturated rings. The van der Waals surface area contributed by atoms with E-state index in [2.05, 4.69) is 17.5 Å². The van der Waals surface area contributed by atoms with Gasteiger partial charge < -0.3 is 5.73 Å². The van der Waals surface area contributed by atoms with Crippen molar-refractivity contribution in [1.82, 2.24) is 0 Å². The quantitative estimate of drug-likeness (QED) is 0.744. The second kappa shape index (κ2) is 4.94. The third-order valence-electron chi connectivity index (χ3n) is 3.14. The summed E-state index contributed by atoms with van der Waals surface area (Å²) in [6.07, 6.45) is 7.82. The second-order valence-electron chi connectivity index (χ2n) is 4.43. The number of thiophene rings is 1. The van der Waals surface area contributed by atoms with Gasteiger partial charge in [0.2, 0.25) is 0 Å². The molecular formula is C12H19NS. The summed E-state index contributed by atoms with van der Waals surface area (Å²) in [5.74, 6) is 0.839. The van der Waals surface area contributed by atoms with Crippen LogP contribution in [0, 0.1) is 5.92 Å². The predicted octanol–water partition coefficient (Wildman–Crippen LogP) is 3.20. The molecule has 78 valence electrons. The summed E-state index contributed by atoms with van der Waals surface area (Å²) in [5.41, 5.74) is 6.06. The Labute approximate surface area is 90.3 Å². The lowest BCUT2D eigenvalue weighted by Gasteiger charge is -2.15. The van der Waals surface area contributed by atoms with E-state index in [1.54, 1.807) is 0 Å². The minimum Gasteiger partial charge on any atom is -0.328 e. The predicted molar refractivity (Wildman–Crippen MR) is 62.6 cm³/mol. The lowest BCUT2D eigenvalue weighted by Crippen LogP contribution is -2.22. The first-order valence-corrected chi connectivity index (χ1v) is 6.50. The van der Waals surface area contributed by atoms with Gasteiger partial charge >= 0.3 is 0 Å². The van der Waals surface area contributed by atoms with Crippen LogP contribution in [0.15, 0.2) is 17.5 Å². The SMILES string of the molecule is NC1CCCCC(Cc2cccs2)C1. The third kappa shape index (κ3) is 2.82. The highest BCUT2D eigenvalue weighted by Crippen LogP contribution is 2.26. The first-order chi connectivity index (χ1) is 6.84. The summed E-state index contributed by atoms with van der Waals surface area (Å²) in [7, 11) is 0. The molecule has 0 aliphatic heterocycles. The minimum atomic E-state index is 0.461. The van der Waals surface area contributed by atoms with Crippen LogP contribution >= 0.6 is 11.3 Å². The van der Waals surface area contributed by atoms with Gasteiger partial charge in [-0.15, -0.1) is 11.3 Å². The van der Waals surface area contributed by atoms with Crippen LogP contribution in [-0.4, -0.2) is 6.04 Å². The van der Waals surface area contributed by atoms with E-state index >= 15 is 0 Å². The molecule has 0 bridgehead atoms. The number of hydrogen-bond donors (Lipinski definition) is 1. The molecule has 2 unspecified atom stereocenters. The molecule has 1 aromatic rings. The lowest BCUT2D eigenvalue weighted by molar-refractivity contribution is 0.433. The summed E-state index contributed by atoms with van der Waals surface area (Å²) >= 11 is 1.88. The van der Waals surface area contributed by atoms with Crippen molar-refractivity contribution in [2.45, 2.75) is 44.6 Å². The summed E-state index contributed by atoms with van der Waals surface area (Å²) < 4.78 is 0. The van der Waals surface area contributed by atoms with Crippen LogP contribution in [-0.2, 0) is 6.42 Å². The molecule has 1 aliphatic carbocycles. The molecule has 0 spiro atoms. The molecular weight excluding hydrogens is 190 g/mol. The minimum absolute atomic E-state index is 0.461. The average molecular weight is 209 g/mol. The van der Waals surface area contributed by atoms with E-state index in [1.165, 1.54) is 43.4 Å². The van der Waals surface area contributed by atoms with Crippen LogP contribution in [0.25, 0.3) is 0 Å². The molecule has 0 radical (unpaired) electrons. The summed E-state index contributed by atoms with van der Waals surface area (Å²) in [4.78, 5) is 1.53. The van der Waals surface area contributed by atoms with Crippen LogP contribution in [0.4, 0.5) is 0 Å². The van der Waals surface area contributed by atoms with Crippen molar-refractivity contribution >= 4 is 11.3 Å². The summed E-state index contributed by atoms with van der Waals surface area (Å²) in [5, 5.41) is 2.17. The zero-order valence-corrected chi connectivity index (χ0v) is 9.43. The zero-order chi connectivity index (χ0) is 9.80. The van der Waals surface area contributed by atoms with Crippen molar-refractivity contribution in [1.29, 1.82) is 0 Å². The maximum atomic E-state index is 6.06. The number of nitrogens with two attached hydrogens (primary N) is 1. The van der Waals surface area contributed by atoms with Gasteiger partial charge in [-0.05, 0) is 36.6 Å². The molecule has 2 N–H and O–H groups in total. The van der Waals surface area contributed by atoms with E-state index in [0.717, 1.165) is 5.92 Å². The fraction of sp³-hybridized carbons (Fsp3) is 0.667. The van der Waals surface area contributed by atoms with Crippen molar-refractivity contribution in [3.63, 3.8) is 0 Å². The highest BCUT2D eigenvalue weighted by atomic mass is 32.1. The molecule has 1 aliphatic rings. The molecule has 2 heteroatoms. The Hall–Kier alpha value is -0.340. The highest BCUT2D eigenvalue weighted by Gasteiger charge is 2.17. The van der Waals surface area contributed by atoms with Crippen molar-refractivity contribution in [2.75, 3.05) is 0 Å². The molecule has 2 atom stereocenters. The number of rotatable bonds is 2. The normalized spacial score (nSPS) is 28.6. The van der Waals surface area contributed by atoms with Gasteiger partial charge in [-0.3, -0.25) is 0 Å². The summed E-state index contributed by atoms with van der Waals surface area (Å²) in [6.45, 7) is 0. The van der Waals surface area contributed by atoms with Gasteiger partial charge in [0, 0.05) is 10.9 Å². The van der Waals surface area contributed by atoms with Gasteiger partial charge in [-0.2, -0.15) is 0 Å². The Bertz CT molecular complexity index is 255. The van der Waals surface area contributed by atoms with Gasteiger partial charge in [0.05, 0.1) is 0 Å². The van der Waals surface area contributed by atoms with E-state index in [1.807, 2.05) is 11.3 Å². The molecule has 1 nitrogen and oxygen atoms in total. The fourth-order valence-corrected chi connectivity index (χ4v) is 3.22. The first-order valence-electron chi connectivity index (χ1n) is 5.62. The van der Waals surface area contributed by atoms with E-state index < -0.39 is 0 Å². The Morgan fingerprint density at radius 2 is 2.21 bits per heavy atom. The molecule has 0 saturated heterocycles. The van der Waals surface area contributed by atoms with Crippen LogP contribution < -0.4 is 5.73 Å². The Morgan fingerprint density at radius 1 is 1.36 bits per heavy atom. The van der Waals surface area contributed by atoms with E-state index in [4.69, 9.17) is 5.73 Å². The topological polar surface area (TPSA) is 26.0 Å². The van der Waals surface area contributed by atoms with E-state index in [9.17, 15) is 0 Å². The third-order valence-corrected chi connectivity index (χ3v) is 4.04. The fourth-order valence-electron chi connectivity index (χ4n) is 2.40. The monoisotopic (exact) mass is 209 g/mol. The molecule has 1 aromatic heterocycles. The Morgan fingerprint density at radius 3 is 3.00 bits per heavy atom. The molecule has 0 amide bonds. The zero-order valence-electron chi connectivity index (χ0n) is 8.61. The van der Waals surface area contributed by atoms with Gasteiger partial charge in [0.1, 0.15) is 0 Å². The molecule has 14 heavy (non-hydrogen) atoms. The largest absolute Gasteiger partial charge is 0.328 e. The molecule has 1 heterocycles. The van der Waals surface area contributed by atoms with Crippen LogP contribution in [0.3, 0.4) is 0 Å². The molecule has 2 rings (SSSR count). The first kappa shape index (κ1) is 10.2. The van der Waals surface area contributed by atoms with Gasteiger partial charge in [-0.25, -0.2) is 0 Å². The maximum Gasteiger partial charge on any atom is 0.00479 e. The second-order valence-corrected chi connectivity index (χ2v) is 5.46. The van der Waals surface area contributed by atoms with Gasteiger partial charge in [-0.1, -0.05) is 25.3 Å². The van der Waals surface area contributed by atoms with Gasteiger partial charge in [0.15, 0.2) is 0 Å². The van der Waals surface area contributed by atoms with Gasteiger partial charge in [0.25, 0.3) is 0 Å². The van der Waals surface area contributed by atoms with Crippen molar-refractivity contribution in [3.8, 4) is 0 Å². The molecule has 0 aromatic carbocycles. The van der Waals surface area contributed by atoms with Crippen molar-refractivity contribution in [2.24, 2.45) is 11.7 Å². The van der Waals surface area contributed by atoms with E-state index in [-0.39, 0.29) is 0 Å². The smallest absolute Gasteiger partial charge is 0.00479 e. The lowest BCUT2D eigenvalue weighted by atomic mass is 9.94. The van der Waals surface area contributed by atoms with Crippen LogP contribution in [0.1, 0.15) is 37.0 Å². The van der Waals surface area contributed by atoms with Crippen LogP contribution in [0.2, 0.25) is 0 Å². The summed E-state index contributed by atoms with van der Waals surface area (Å²) in [6, 6.07) is 4.86. The highest BCUT2D eigenvalue weighted by molar-refractivity contribution is 7.09. The maximum absolute atomic E-state index is 6.06. The van der Waals surface area contributed by atoms with Crippen LogP contribution in [0.5, 0.6) is 0 Å².